The summed E-state index contributed by atoms with van der Waals surface area (Å²) in [5.41, 5.74) is 1.01. The summed E-state index contributed by atoms with van der Waals surface area (Å²) in [6, 6.07) is 14.6. The molecule has 0 heterocycles. The van der Waals surface area contributed by atoms with E-state index >= 15 is 0 Å². The Morgan fingerprint density at radius 3 is 2.45 bits per heavy atom. The van der Waals surface area contributed by atoms with Crippen molar-refractivity contribution in [1.82, 2.24) is 10.6 Å². The van der Waals surface area contributed by atoms with Crippen molar-refractivity contribution in [1.29, 1.82) is 0 Å². The number of hydrogen-bond acceptors (Lipinski definition) is 2. The number of nitrogens with one attached hydrogen (secondary N) is 2. The summed E-state index contributed by atoms with van der Waals surface area (Å²) in [6.45, 7) is 6.98. The molecule has 0 atom stereocenters. The van der Waals surface area contributed by atoms with Crippen LogP contribution in [0.15, 0.2) is 42.5 Å². The summed E-state index contributed by atoms with van der Waals surface area (Å²) >= 11 is 0. The molecule has 0 aliphatic carbocycles. The summed E-state index contributed by atoms with van der Waals surface area (Å²) in [5.74, 6) is 0.0262. The molecule has 0 fully saturated rings. The largest absolute Gasteiger partial charge is 0.350 e. The zero-order valence-corrected chi connectivity index (χ0v) is 12.4. The fourth-order valence-electron chi connectivity index (χ4n) is 2.13. The molecule has 0 aliphatic rings. The molecule has 106 valence electrons. The fourth-order valence-corrected chi connectivity index (χ4v) is 2.13. The van der Waals surface area contributed by atoms with E-state index in [1.54, 1.807) is 0 Å². The maximum absolute atomic E-state index is 11.7. The van der Waals surface area contributed by atoms with Crippen LogP contribution in [0.1, 0.15) is 26.3 Å². The lowest BCUT2D eigenvalue weighted by molar-refractivity contribution is -0.121. The van der Waals surface area contributed by atoms with E-state index in [9.17, 15) is 4.79 Å². The molecule has 2 aromatic rings. The molecule has 0 unspecified atom stereocenters. The summed E-state index contributed by atoms with van der Waals surface area (Å²) in [4.78, 5) is 11.7. The highest BCUT2D eigenvalue weighted by Gasteiger charge is 2.12. The highest BCUT2D eigenvalue weighted by molar-refractivity contribution is 5.83. The lowest BCUT2D eigenvalue weighted by Crippen LogP contribution is -2.44. The van der Waals surface area contributed by atoms with Gasteiger partial charge in [-0.2, -0.15) is 0 Å². The second kappa shape index (κ2) is 6.06. The predicted molar refractivity (Wildman–Crippen MR) is 83.6 cm³/mol. The Hall–Kier alpha value is -1.87. The average molecular weight is 270 g/mol. The third kappa shape index (κ3) is 4.35. The molecule has 0 radical (unpaired) electrons. The van der Waals surface area contributed by atoms with E-state index in [4.69, 9.17) is 0 Å². The number of amides is 1. The van der Waals surface area contributed by atoms with Crippen LogP contribution in [0.2, 0.25) is 0 Å². The van der Waals surface area contributed by atoms with Gasteiger partial charge in [-0.25, -0.2) is 0 Å². The van der Waals surface area contributed by atoms with Crippen LogP contribution in [0.3, 0.4) is 0 Å². The van der Waals surface area contributed by atoms with Crippen molar-refractivity contribution >= 4 is 16.7 Å². The standard InChI is InChI=1S/C17H22N2O/c1-17(2,3)19-16(20)12-18-11-13-8-9-14-6-4-5-7-15(14)10-13/h4-10,18H,11-12H2,1-3H3,(H,19,20). The number of rotatable bonds is 4. The lowest BCUT2D eigenvalue weighted by atomic mass is 10.1. The second-order valence-electron chi connectivity index (χ2n) is 6.08. The minimum atomic E-state index is -0.179. The van der Waals surface area contributed by atoms with Gasteiger partial charge in [0.1, 0.15) is 0 Å². The first-order valence-corrected chi connectivity index (χ1v) is 6.93. The van der Waals surface area contributed by atoms with Crippen molar-refractivity contribution in [2.24, 2.45) is 0 Å². The molecule has 0 bridgehead atoms. The molecule has 1 amide bonds. The van der Waals surface area contributed by atoms with E-state index in [1.807, 2.05) is 32.9 Å². The van der Waals surface area contributed by atoms with Crippen molar-refractivity contribution in [3.05, 3.63) is 48.0 Å². The summed E-state index contributed by atoms with van der Waals surface area (Å²) in [7, 11) is 0. The molecule has 2 rings (SSSR count). The summed E-state index contributed by atoms with van der Waals surface area (Å²) < 4.78 is 0. The monoisotopic (exact) mass is 270 g/mol. The highest BCUT2D eigenvalue weighted by Crippen LogP contribution is 2.15. The fraction of sp³-hybridized carbons (Fsp3) is 0.353. The lowest BCUT2D eigenvalue weighted by Gasteiger charge is -2.20. The Bertz CT molecular complexity index is 599. The molecular formula is C17H22N2O. The normalized spacial score (nSPS) is 11.6. The molecule has 0 aliphatic heterocycles. The molecule has 3 nitrogen and oxygen atoms in total. The van der Waals surface area contributed by atoms with Crippen LogP contribution in [0.4, 0.5) is 0 Å². The quantitative estimate of drug-likeness (QED) is 0.897. The maximum atomic E-state index is 11.7. The van der Waals surface area contributed by atoms with Crippen LogP contribution in [0, 0.1) is 0 Å². The maximum Gasteiger partial charge on any atom is 0.234 e. The molecule has 3 heteroatoms. The molecule has 0 saturated carbocycles. The molecule has 0 spiro atoms. The zero-order valence-electron chi connectivity index (χ0n) is 12.4. The number of carbonyl (C=O) groups is 1. The van der Waals surface area contributed by atoms with Gasteiger partial charge in [-0.15, -0.1) is 0 Å². The summed E-state index contributed by atoms with van der Waals surface area (Å²) in [5, 5.41) is 8.58. The second-order valence-corrected chi connectivity index (χ2v) is 6.08. The topological polar surface area (TPSA) is 41.1 Å². The van der Waals surface area contributed by atoms with Gasteiger partial charge in [-0.3, -0.25) is 4.79 Å². The van der Waals surface area contributed by atoms with Crippen molar-refractivity contribution in [2.75, 3.05) is 6.54 Å². The van der Waals surface area contributed by atoms with Crippen LogP contribution in [-0.4, -0.2) is 18.0 Å². The van der Waals surface area contributed by atoms with Crippen molar-refractivity contribution in [2.45, 2.75) is 32.9 Å². The van der Waals surface area contributed by atoms with E-state index in [2.05, 4.69) is 41.0 Å². The molecular weight excluding hydrogens is 248 g/mol. The minimum Gasteiger partial charge on any atom is -0.350 e. The van der Waals surface area contributed by atoms with Gasteiger partial charge in [0.05, 0.1) is 6.54 Å². The Kier molecular flexibility index (Phi) is 4.40. The highest BCUT2D eigenvalue weighted by atomic mass is 16.2. The Labute approximate surface area is 120 Å². The predicted octanol–water partition coefficient (Wildman–Crippen LogP) is 2.84. The molecule has 2 N–H and O–H groups in total. The van der Waals surface area contributed by atoms with Gasteiger partial charge in [0.15, 0.2) is 0 Å². The van der Waals surface area contributed by atoms with Crippen LogP contribution < -0.4 is 10.6 Å². The van der Waals surface area contributed by atoms with Crippen molar-refractivity contribution < 1.29 is 4.79 Å². The van der Waals surface area contributed by atoms with Gasteiger partial charge in [0, 0.05) is 12.1 Å². The van der Waals surface area contributed by atoms with E-state index in [-0.39, 0.29) is 11.4 Å². The van der Waals surface area contributed by atoms with Gasteiger partial charge in [0.25, 0.3) is 0 Å². The van der Waals surface area contributed by atoms with Crippen LogP contribution in [0.25, 0.3) is 10.8 Å². The minimum absolute atomic E-state index is 0.0262. The number of benzene rings is 2. The number of hydrogen-bond donors (Lipinski definition) is 2. The number of fused-ring (bicyclic) bond motifs is 1. The SMILES string of the molecule is CC(C)(C)NC(=O)CNCc1ccc2ccccc2c1. The Balaban J connectivity index is 1.88. The van der Waals surface area contributed by atoms with Gasteiger partial charge in [0.2, 0.25) is 5.91 Å². The van der Waals surface area contributed by atoms with E-state index in [0.717, 1.165) is 0 Å². The Morgan fingerprint density at radius 1 is 1.05 bits per heavy atom. The van der Waals surface area contributed by atoms with Crippen molar-refractivity contribution in [3.63, 3.8) is 0 Å². The van der Waals surface area contributed by atoms with Crippen LogP contribution >= 0.6 is 0 Å². The average Bonchev–Trinajstić information content (AvgIpc) is 2.36. The first-order valence-electron chi connectivity index (χ1n) is 6.93. The molecule has 2 aromatic carbocycles. The first kappa shape index (κ1) is 14.5. The summed E-state index contributed by atoms with van der Waals surface area (Å²) in [6.07, 6.45) is 0. The molecule has 0 aromatic heterocycles. The third-order valence-electron chi connectivity index (χ3n) is 2.94. The molecule has 20 heavy (non-hydrogen) atoms. The van der Waals surface area contributed by atoms with Crippen LogP contribution in [-0.2, 0) is 11.3 Å². The van der Waals surface area contributed by atoms with Gasteiger partial charge < -0.3 is 10.6 Å². The van der Waals surface area contributed by atoms with E-state index in [1.165, 1.54) is 16.3 Å². The van der Waals surface area contributed by atoms with E-state index in [0.29, 0.717) is 13.1 Å². The van der Waals surface area contributed by atoms with Crippen molar-refractivity contribution in [3.8, 4) is 0 Å². The third-order valence-corrected chi connectivity index (χ3v) is 2.94. The van der Waals surface area contributed by atoms with Crippen LogP contribution in [0.5, 0.6) is 0 Å². The first-order chi connectivity index (χ1) is 9.44. The Morgan fingerprint density at radius 2 is 1.75 bits per heavy atom. The smallest absolute Gasteiger partial charge is 0.234 e. The van der Waals surface area contributed by atoms with Gasteiger partial charge >= 0.3 is 0 Å². The molecule has 0 saturated heterocycles. The zero-order chi connectivity index (χ0) is 14.6. The van der Waals surface area contributed by atoms with Gasteiger partial charge in [-0.05, 0) is 43.2 Å². The number of carbonyl (C=O) groups excluding carboxylic acids is 1. The van der Waals surface area contributed by atoms with E-state index < -0.39 is 0 Å². The van der Waals surface area contributed by atoms with Gasteiger partial charge in [-0.1, -0.05) is 36.4 Å².